The highest BCUT2D eigenvalue weighted by Crippen LogP contribution is 2.40. The predicted molar refractivity (Wildman–Crippen MR) is 86.1 cm³/mol. The number of carbonyl (C=O) groups excluding carboxylic acids is 1. The van der Waals surface area contributed by atoms with E-state index in [1.165, 1.54) is 0 Å². The van der Waals surface area contributed by atoms with Crippen molar-refractivity contribution in [2.75, 3.05) is 6.54 Å². The Kier molecular flexibility index (Phi) is 4.79. The maximum atomic E-state index is 11.9. The van der Waals surface area contributed by atoms with Crippen LogP contribution in [0.3, 0.4) is 0 Å². The molecule has 1 fully saturated rings. The van der Waals surface area contributed by atoms with E-state index in [1.807, 2.05) is 0 Å². The zero-order chi connectivity index (χ0) is 15.9. The van der Waals surface area contributed by atoms with Gasteiger partial charge in [-0.2, -0.15) is 0 Å². The van der Waals surface area contributed by atoms with Crippen LogP contribution in [0.4, 0.5) is 0 Å². The minimum Gasteiger partial charge on any atom is -0.412 e. The predicted octanol–water partition coefficient (Wildman–Crippen LogP) is 2.73. The Labute approximate surface area is 125 Å². The SMILES string of the molecule is CC(C)(C)N1CC[C@@H](O[Si](C)(C)C(C)(C)C)[C@H]1C(N)=O. The average molecular weight is 301 g/mol. The summed E-state index contributed by atoms with van der Waals surface area (Å²) in [4.78, 5) is 14.1. The van der Waals surface area contributed by atoms with Crippen molar-refractivity contribution in [2.45, 2.75) is 83.8 Å². The van der Waals surface area contributed by atoms with Crippen molar-refractivity contribution >= 4 is 14.2 Å². The van der Waals surface area contributed by atoms with Gasteiger partial charge in [0, 0.05) is 12.1 Å². The number of nitrogens with zero attached hydrogens (tertiary/aromatic N) is 1. The van der Waals surface area contributed by atoms with Crippen molar-refractivity contribution < 1.29 is 9.22 Å². The molecule has 1 heterocycles. The molecule has 0 aromatic heterocycles. The van der Waals surface area contributed by atoms with Gasteiger partial charge in [0.2, 0.25) is 5.91 Å². The van der Waals surface area contributed by atoms with E-state index in [4.69, 9.17) is 10.2 Å². The molecule has 1 amide bonds. The van der Waals surface area contributed by atoms with Gasteiger partial charge in [0.05, 0.1) is 6.10 Å². The Morgan fingerprint density at radius 1 is 1.20 bits per heavy atom. The Bertz CT molecular complexity index is 369. The van der Waals surface area contributed by atoms with Crippen molar-refractivity contribution in [3.05, 3.63) is 0 Å². The van der Waals surface area contributed by atoms with Gasteiger partial charge in [-0.25, -0.2) is 0 Å². The third kappa shape index (κ3) is 3.62. The molecular formula is C15H32N2O2Si. The fourth-order valence-corrected chi connectivity index (χ4v) is 3.89. The summed E-state index contributed by atoms with van der Waals surface area (Å²) < 4.78 is 6.46. The number of carbonyl (C=O) groups is 1. The highest BCUT2D eigenvalue weighted by Gasteiger charge is 2.48. The van der Waals surface area contributed by atoms with Crippen molar-refractivity contribution in [3.63, 3.8) is 0 Å². The first-order valence-electron chi connectivity index (χ1n) is 7.51. The Hall–Kier alpha value is -0.393. The number of primary amides is 1. The molecule has 2 N–H and O–H groups in total. The topological polar surface area (TPSA) is 55.6 Å². The Balaban J connectivity index is 2.95. The summed E-state index contributed by atoms with van der Waals surface area (Å²) in [6.45, 7) is 18.3. The van der Waals surface area contributed by atoms with Crippen LogP contribution in [-0.4, -0.2) is 43.4 Å². The summed E-state index contributed by atoms with van der Waals surface area (Å²) in [7, 11) is -1.88. The number of hydrogen-bond acceptors (Lipinski definition) is 3. The Morgan fingerprint density at radius 2 is 1.70 bits per heavy atom. The fraction of sp³-hybridized carbons (Fsp3) is 0.933. The van der Waals surface area contributed by atoms with Gasteiger partial charge in [-0.05, 0) is 45.3 Å². The van der Waals surface area contributed by atoms with Gasteiger partial charge >= 0.3 is 0 Å². The van der Waals surface area contributed by atoms with E-state index >= 15 is 0 Å². The highest BCUT2D eigenvalue weighted by molar-refractivity contribution is 6.74. The summed E-state index contributed by atoms with van der Waals surface area (Å²) in [6.07, 6.45) is 0.824. The number of likely N-dealkylation sites (tertiary alicyclic amines) is 1. The van der Waals surface area contributed by atoms with Crippen LogP contribution in [-0.2, 0) is 9.22 Å². The molecule has 1 aliphatic heterocycles. The minimum atomic E-state index is -1.88. The van der Waals surface area contributed by atoms with E-state index in [-0.39, 0.29) is 28.6 Å². The van der Waals surface area contributed by atoms with Gasteiger partial charge < -0.3 is 10.2 Å². The second kappa shape index (κ2) is 5.43. The van der Waals surface area contributed by atoms with Crippen LogP contribution in [0.15, 0.2) is 0 Å². The maximum absolute atomic E-state index is 11.9. The molecule has 0 unspecified atom stereocenters. The van der Waals surface area contributed by atoms with E-state index < -0.39 is 8.32 Å². The van der Waals surface area contributed by atoms with E-state index in [0.29, 0.717) is 0 Å². The van der Waals surface area contributed by atoms with Gasteiger partial charge in [0.15, 0.2) is 8.32 Å². The molecule has 0 saturated carbocycles. The third-order valence-corrected chi connectivity index (χ3v) is 9.25. The molecule has 118 valence electrons. The molecule has 2 atom stereocenters. The monoisotopic (exact) mass is 300 g/mol. The van der Waals surface area contributed by atoms with E-state index in [9.17, 15) is 4.79 Å². The van der Waals surface area contributed by atoms with Gasteiger partial charge in [-0.1, -0.05) is 20.8 Å². The van der Waals surface area contributed by atoms with E-state index in [1.54, 1.807) is 0 Å². The standard InChI is InChI=1S/C15H32N2O2Si/c1-14(2,3)17-10-9-11(12(17)13(16)18)19-20(7,8)15(4,5)6/h11-12H,9-10H2,1-8H3,(H2,16,18)/t11-,12+/m1/s1. The summed E-state index contributed by atoms with van der Waals surface area (Å²) >= 11 is 0. The molecule has 20 heavy (non-hydrogen) atoms. The lowest BCUT2D eigenvalue weighted by Gasteiger charge is -2.41. The highest BCUT2D eigenvalue weighted by atomic mass is 28.4. The smallest absolute Gasteiger partial charge is 0.237 e. The van der Waals surface area contributed by atoms with E-state index in [2.05, 4.69) is 59.5 Å². The number of hydrogen-bond donors (Lipinski definition) is 1. The van der Waals surface area contributed by atoms with E-state index in [0.717, 1.165) is 13.0 Å². The summed E-state index contributed by atoms with van der Waals surface area (Å²) in [5.74, 6) is -0.263. The third-order valence-electron chi connectivity index (χ3n) is 4.75. The molecule has 0 aromatic carbocycles. The lowest BCUT2D eigenvalue weighted by Crippen LogP contribution is -2.56. The summed E-state index contributed by atoms with van der Waals surface area (Å²) in [5, 5.41) is 0.143. The van der Waals surface area contributed by atoms with Crippen LogP contribution in [0, 0.1) is 0 Å². The zero-order valence-electron chi connectivity index (χ0n) is 14.4. The Morgan fingerprint density at radius 3 is 2.05 bits per heavy atom. The number of amides is 1. The van der Waals surface area contributed by atoms with Gasteiger partial charge in [-0.3, -0.25) is 9.69 Å². The lowest BCUT2D eigenvalue weighted by molar-refractivity contribution is -0.126. The molecule has 4 nitrogen and oxygen atoms in total. The van der Waals surface area contributed by atoms with Crippen LogP contribution in [0.2, 0.25) is 18.1 Å². The van der Waals surface area contributed by atoms with Crippen LogP contribution < -0.4 is 5.73 Å². The van der Waals surface area contributed by atoms with Crippen LogP contribution in [0.5, 0.6) is 0 Å². The first-order chi connectivity index (χ1) is 8.77. The normalized spacial score (nSPS) is 26.0. The van der Waals surface area contributed by atoms with Gasteiger partial charge in [0.25, 0.3) is 0 Å². The first kappa shape index (κ1) is 17.7. The van der Waals surface area contributed by atoms with Gasteiger partial charge in [-0.15, -0.1) is 0 Å². The summed E-state index contributed by atoms with van der Waals surface area (Å²) in [6, 6.07) is -0.302. The molecule has 1 aliphatic rings. The molecular weight excluding hydrogens is 268 g/mol. The second-order valence-corrected chi connectivity index (χ2v) is 13.2. The quantitative estimate of drug-likeness (QED) is 0.815. The summed E-state index contributed by atoms with van der Waals surface area (Å²) in [5.41, 5.74) is 5.59. The largest absolute Gasteiger partial charge is 0.412 e. The van der Waals surface area contributed by atoms with Crippen LogP contribution >= 0.6 is 0 Å². The van der Waals surface area contributed by atoms with Crippen molar-refractivity contribution in [1.29, 1.82) is 0 Å². The van der Waals surface area contributed by atoms with Gasteiger partial charge in [0.1, 0.15) is 6.04 Å². The molecule has 1 rings (SSSR count). The zero-order valence-corrected chi connectivity index (χ0v) is 15.4. The average Bonchev–Trinajstić information content (AvgIpc) is 2.57. The molecule has 0 bridgehead atoms. The van der Waals surface area contributed by atoms with Crippen molar-refractivity contribution in [3.8, 4) is 0 Å². The van der Waals surface area contributed by atoms with Crippen LogP contribution in [0.1, 0.15) is 48.0 Å². The molecule has 1 saturated heterocycles. The maximum Gasteiger partial charge on any atom is 0.237 e. The molecule has 0 radical (unpaired) electrons. The second-order valence-electron chi connectivity index (χ2n) is 8.42. The van der Waals surface area contributed by atoms with Crippen molar-refractivity contribution in [2.24, 2.45) is 5.73 Å². The molecule has 5 heteroatoms. The number of nitrogens with two attached hydrogens (primary N) is 1. The number of rotatable bonds is 3. The fourth-order valence-electron chi connectivity index (χ4n) is 2.53. The molecule has 0 aliphatic carbocycles. The lowest BCUT2D eigenvalue weighted by atomic mass is 10.0. The minimum absolute atomic E-state index is 0.0624. The molecule has 0 aromatic rings. The first-order valence-corrected chi connectivity index (χ1v) is 10.4. The van der Waals surface area contributed by atoms with Crippen molar-refractivity contribution in [1.82, 2.24) is 4.90 Å². The molecule has 0 spiro atoms. The van der Waals surface area contributed by atoms with Crippen LogP contribution in [0.25, 0.3) is 0 Å².